The second kappa shape index (κ2) is 9.23. The maximum atomic E-state index is 12.2. The van der Waals surface area contributed by atoms with Gasteiger partial charge in [-0.1, -0.05) is 45.2 Å². The predicted molar refractivity (Wildman–Crippen MR) is 114 cm³/mol. The van der Waals surface area contributed by atoms with Gasteiger partial charge in [0.2, 0.25) is 0 Å². The zero-order valence-electron chi connectivity index (χ0n) is 14.7. The van der Waals surface area contributed by atoms with Crippen LogP contribution in [0.1, 0.15) is 21.6 Å². The average Bonchev–Trinajstić information content (AvgIpc) is 3.13. The largest absolute Gasteiger partial charge is 0.496 e. The average molecular weight is 482 g/mol. The topological polar surface area (TPSA) is 68.5 Å². The summed E-state index contributed by atoms with van der Waals surface area (Å²) in [5, 5.41) is 9.33. The minimum absolute atomic E-state index is 0.239. The first-order valence-corrected chi connectivity index (χ1v) is 9.65. The molecule has 0 aliphatic heterocycles. The number of halogens is 3. The Kier molecular flexibility index (Phi) is 6.72. The maximum absolute atomic E-state index is 12.2. The Balaban J connectivity index is 1.65. The summed E-state index contributed by atoms with van der Waals surface area (Å²) < 4.78 is 7.75. The van der Waals surface area contributed by atoms with E-state index in [0.717, 1.165) is 15.6 Å². The molecule has 2 aromatic carbocycles. The summed E-state index contributed by atoms with van der Waals surface area (Å²) in [6.45, 7) is 0.418. The van der Waals surface area contributed by atoms with Crippen molar-refractivity contribution in [3.05, 3.63) is 80.0 Å². The molecule has 1 amide bonds. The number of hydrogen-bond acceptors (Lipinski definition) is 4. The van der Waals surface area contributed by atoms with E-state index >= 15 is 0 Å². The van der Waals surface area contributed by atoms with Crippen molar-refractivity contribution in [2.24, 2.45) is 5.10 Å². The predicted octanol–water partition coefficient (Wildman–Crippen LogP) is 4.77. The van der Waals surface area contributed by atoms with Gasteiger partial charge in [-0.05, 0) is 42.0 Å². The normalized spacial score (nSPS) is 11.0. The van der Waals surface area contributed by atoms with Crippen molar-refractivity contribution in [2.45, 2.75) is 6.54 Å². The van der Waals surface area contributed by atoms with Crippen LogP contribution in [0.2, 0.25) is 10.0 Å². The monoisotopic (exact) mass is 480 g/mol. The highest BCUT2D eigenvalue weighted by Crippen LogP contribution is 2.22. The van der Waals surface area contributed by atoms with Crippen LogP contribution in [0.4, 0.5) is 0 Å². The molecule has 0 radical (unpaired) electrons. The van der Waals surface area contributed by atoms with Gasteiger partial charge in [-0.3, -0.25) is 9.48 Å². The molecule has 9 heteroatoms. The summed E-state index contributed by atoms with van der Waals surface area (Å²) in [5.41, 5.74) is 4.26. The summed E-state index contributed by atoms with van der Waals surface area (Å²) >= 11 is 15.5. The van der Waals surface area contributed by atoms with E-state index in [2.05, 4.69) is 31.6 Å². The molecule has 6 nitrogen and oxygen atoms in total. The van der Waals surface area contributed by atoms with Crippen LogP contribution in [0.3, 0.4) is 0 Å². The summed E-state index contributed by atoms with van der Waals surface area (Å²) in [6, 6.07) is 12.3. The van der Waals surface area contributed by atoms with Gasteiger partial charge in [-0.25, -0.2) is 5.43 Å². The van der Waals surface area contributed by atoms with Crippen molar-refractivity contribution in [3.63, 3.8) is 0 Å². The fourth-order valence-electron chi connectivity index (χ4n) is 2.42. The van der Waals surface area contributed by atoms with Crippen LogP contribution in [0.25, 0.3) is 0 Å². The maximum Gasteiger partial charge on any atom is 0.291 e. The first-order valence-electron chi connectivity index (χ1n) is 8.10. The Labute approximate surface area is 180 Å². The minimum atomic E-state index is -0.425. The number of amides is 1. The van der Waals surface area contributed by atoms with Crippen molar-refractivity contribution in [3.8, 4) is 5.75 Å². The van der Waals surface area contributed by atoms with E-state index in [0.29, 0.717) is 22.3 Å². The van der Waals surface area contributed by atoms with Gasteiger partial charge in [0.05, 0.1) is 19.9 Å². The standard InChI is InChI=1S/C19H15BrCl2N4O2/c1-28-18-5-3-14(20)8-13(18)10-23-24-19(27)17-6-7-26(25-17)11-12-2-4-15(21)9-16(12)22/h2-10H,11H2,1H3,(H,24,27). The fourth-order valence-corrected chi connectivity index (χ4v) is 3.27. The number of aromatic nitrogens is 2. The quantitative estimate of drug-likeness (QED) is 0.407. The lowest BCUT2D eigenvalue weighted by Crippen LogP contribution is -2.18. The molecule has 0 unspecified atom stereocenters. The molecule has 0 aliphatic rings. The van der Waals surface area contributed by atoms with Gasteiger partial charge < -0.3 is 4.74 Å². The molecule has 1 N–H and O–H groups in total. The molecule has 0 saturated carbocycles. The van der Waals surface area contributed by atoms with Gasteiger partial charge in [0.25, 0.3) is 5.91 Å². The van der Waals surface area contributed by atoms with E-state index < -0.39 is 5.91 Å². The highest BCUT2D eigenvalue weighted by Gasteiger charge is 2.10. The second-order valence-corrected chi connectivity index (χ2v) is 7.48. The van der Waals surface area contributed by atoms with Gasteiger partial charge in [0, 0.05) is 26.3 Å². The zero-order chi connectivity index (χ0) is 20.1. The number of carbonyl (C=O) groups is 1. The molecule has 0 bridgehead atoms. The van der Waals surface area contributed by atoms with Crippen molar-refractivity contribution in [1.29, 1.82) is 0 Å². The smallest absolute Gasteiger partial charge is 0.291 e. The van der Waals surface area contributed by atoms with Crippen molar-refractivity contribution in [1.82, 2.24) is 15.2 Å². The number of hydrazone groups is 1. The van der Waals surface area contributed by atoms with Crippen molar-refractivity contribution >= 4 is 51.3 Å². The third kappa shape index (κ3) is 5.13. The van der Waals surface area contributed by atoms with E-state index in [-0.39, 0.29) is 5.69 Å². The van der Waals surface area contributed by atoms with E-state index in [4.69, 9.17) is 27.9 Å². The van der Waals surface area contributed by atoms with Crippen LogP contribution in [0.5, 0.6) is 5.75 Å². The Morgan fingerprint density at radius 1 is 1.29 bits per heavy atom. The number of carbonyl (C=O) groups excluding carboxylic acids is 1. The molecule has 0 aliphatic carbocycles. The Morgan fingerprint density at radius 3 is 2.86 bits per heavy atom. The van der Waals surface area contributed by atoms with Gasteiger partial charge in [0.15, 0.2) is 5.69 Å². The van der Waals surface area contributed by atoms with E-state index in [9.17, 15) is 4.79 Å². The van der Waals surface area contributed by atoms with Crippen LogP contribution < -0.4 is 10.2 Å². The molecule has 1 heterocycles. The van der Waals surface area contributed by atoms with Gasteiger partial charge in [0.1, 0.15) is 5.75 Å². The van der Waals surface area contributed by atoms with E-state index in [1.54, 1.807) is 42.3 Å². The highest BCUT2D eigenvalue weighted by molar-refractivity contribution is 9.10. The SMILES string of the molecule is COc1ccc(Br)cc1C=NNC(=O)c1ccn(Cc2ccc(Cl)cc2Cl)n1. The van der Waals surface area contributed by atoms with Crippen molar-refractivity contribution < 1.29 is 9.53 Å². The lowest BCUT2D eigenvalue weighted by molar-refractivity contribution is 0.0949. The van der Waals surface area contributed by atoms with Gasteiger partial charge in [-0.2, -0.15) is 10.2 Å². The number of benzene rings is 2. The third-order valence-electron chi connectivity index (χ3n) is 3.78. The molecule has 3 aromatic rings. The van der Waals surface area contributed by atoms with Crippen LogP contribution >= 0.6 is 39.1 Å². The van der Waals surface area contributed by atoms with Crippen LogP contribution in [-0.2, 0) is 6.54 Å². The molecule has 3 rings (SSSR count). The van der Waals surface area contributed by atoms with E-state index in [1.165, 1.54) is 6.21 Å². The Morgan fingerprint density at radius 2 is 2.11 bits per heavy atom. The molecular weight excluding hydrogens is 467 g/mol. The summed E-state index contributed by atoms with van der Waals surface area (Å²) in [6.07, 6.45) is 3.20. The number of nitrogens with zero attached hydrogens (tertiary/aromatic N) is 3. The summed E-state index contributed by atoms with van der Waals surface area (Å²) in [5.74, 6) is 0.219. The van der Waals surface area contributed by atoms with Crippen LogP contribution in [0, 0.1) is 0 Å². The molecule has 0 fully saturated rings. The molecule has 28 heavy (non-hydrogen) atoms. The lowest BCUT2D eigenvalue weighted by Gasteiger charge is -2.05. The molecule has 0 atom stereocenters. The lowest BCUT2D eigenvalue weighted by atomic mass is 10.2. The molecule has 0 saturated heterocycles. The molecule has 1 aromatic heterocycles. The van der Waals surface area contributed by atoms with Gasteiger partial charge >= 0.3 is 0 Å². The Hall–Kier alpha value is -2.35. The fraction of sp³-hybridized carbons (Fsp3) is 0.105. The van der Waals surface area contributed by atoms with E-state index in [1.807, 2.05) is 18.2 Å². The molecular formula is C19H15BrCl2N4O2. The van der Waals surface area contributed by atoms with Gasteiger partial charge in [-0.15, -0.1) is 0 Å². The minimum Gasteiger partial charge on any atom is -0.496 e. The number of hydrogen-bond donors (Lipinski definition) is 1. The number of rotatable bonds is 6. The van der Waals surface area contributed by atoms with Crippen molar-refractivity contribution in [2.75, 3.05) is 7.11 Å². The first-order chi connectivity index (χ1) is 13.5. The number of nitrogens with one attached hydrogen (secondary N) is 1. The Bertz CT molecular complexity index is 1040. The third-order valence-corrected chi connectivity index (χ3v) is 4.86. The second-order valence-electron chi connectivity index (χ2n) is 5.72. The molecule has 0 spiro atoms. The highest BCUT2D eigenvalue weighted by atomic mass is 79.9. The number of methoxy groups -OCH3 is 1. The van der Waals surface area contributed by atoms with Crippen LogP contribution in [-0.4, -0.2) is 29.0 Å². The first kappa shape index (κ1) is 20.4. The molecule has 144 valence electrons. The zero-order valence-corrected chi connectivity index (χ0v) is 17.8. The summed E-state index contributed by atoms with van der Waals surface area (Å²) in [4.78, 5) is 12.2. The summed E-state index contributed by atoms with van der Waals surface area (Å²) in [7, 11) is 1.57. The number of ether oxygens (including phenoxy) is 1. The van der Waals surface area contributed by atoms with Crippen LogP contribution in [0.15, 0.2) is 58.2 Å².